The predicted molar refractivity (Wildman–Crippen MR) is 584 cm³/mol. The normalized spacial score (nSPS) is 10.6. The first-order valence-electron chi connectivity index (χ1n) is 47.5. The zero-order chi connectivity index (χ0) is 98.4. The molecular formula is C129H180. The fraction of sp³-hybridized carbons (Fsp3) is 0.395. The van der Waals surface area contributed by atoms with Gasteiger partial charge in [-0.2, -0.15) is 0 Å². The topological polar surface area (TPSA) is 0 Å². The van der Waals surface area contributed by atoms with Crippen LogP contribution in [0.1, 0.15) is 335 Å². The van der Waals surface area contributed by atoms with E-state index in [1.807, 2.05) is 18.2 Å². The van der Waals surface area contributed by atoms with E-state index in [9.17, 15) is 0 Å². The molecule has 0 aliphatic rings. The fourth-order valence-corrected chi connectivity index (χ4v) is 13.3. The molecule has 0 aliphatic heterocycles. The molecule has 0 fully saturated rings. The summed E-state index contributed by atoms with van der Waals surface area (Å²) < 4.78 is 0. The Labute approximate surface area is 795 Å². The number of aryl methyl sites for hydroxylation is 22. The van der Waals surface area contributed by atoms with Gasteiger partial charge < -0.3 is 0 Å². The van der Waals surface area contributed by atoms with Gasteiger partial charge in [0.1, 0.15) is 0 Å². The molecule has 0 bridgehead atoms. The van der Waals surface area contributed by atoms with Crippen LogP contribution >= 0.6 is 0 Å². The van der Waals surface area contributed by atoms with Gasteiger partial charge in [0.25, 0.3) is 0 Å². The molecule has 0 aliphatic carbocycles. The van der Waals surface area contributed by atoms with Crippen LogP contribution in [0.15, 0.2) is 285 Å². The van der Waals surface area contributed by atoms with Crippen molar-refractivity contribution in [3.63, 3.8) is 0 Å². The lowest BCUT2D eigenvalue weighted by atomic mass is 9.80. The smallest absolute Gasteiger partial charge is 0.0132 e. The third kappa shape index (κ3) is 52.3. The maximum Gasteiger partial charge on any atom is -0.0132 e. The lowest BCUT2D eigenvalue weighted by Gasteiger charge is -2.25. The van der Waals surface area contributed by atoms with Crippen LogP contribution in [0.3, 0.4) is 0 Å². The van der Waals surface area contributed by atoms with Gasteiger partial charge in [-0.3, -0.25) is 0 Å². The Morgan fingerprint density at radius 1 is 0.140 bits per heavy atom. The lowest BCUT2D eigenvalue weighted by molar-refractivity contribution is 0.567. The van der Waals surface area contributed by atoms with E-state index in [2.05, 4.69) is 565 Å². The molecule has 0 aromatic heterocycles. The van der Waals surface area contributed by atoms with Crippen molar-refractivity contribution in [1.29, 1.82) is 0 Å². The summed E-state index contributed by atoms with van der Waals surface area (Å²) in [6, 6.07) is 102. The van der Waals surface area contributed by atoms with E-state index in [0.717, 1.165) is 0 Å². The maximum atomic E-state index is 2.35. The molecule has 0 atom stereocenters. The van der Waals surface area contributed by atoms with Crippen LogP contribution in [0.2, 0.25) is 0 Å². The van der Waals surface area contributed by atoms with Crippen molar-refractivity contribution in [2.24, 2.45) is 0 Å². The second-order valence-corrected chi connectivity index (χ2v) is 41.8. The molecule has 0 radical (unpaired) electrons. The Balaban J connectivity index is 0.000000702. The van der Waals surface area contributed by atoms with E-state index in [1.165, 1.54) is 172 Å². The van der Waals surface area contributed by atoms with Crippen LogP contribution in [-0.2, 0) is 21.7 Å². The number of hydrogen-bond acceptors (Lipinski definition) is 0. The highest BCUT2D eigenvalue weighted by molar-refractivity contribution is 5.40. The zero-order valence-electron chi connectivity index (χ0n) is 89.9. The molecule has 13 rings (SSSR count). The highest BCUT2D eigenvalue weighted by Crippen LogP contribution is 2.31. The molecule has 13 aromatic carbocycles. The Morgan fingerprint density at radius 3 is 0.682 bits per heavy atom. The minimum absolute atomic E-state index is 0.242. The van der Waals surface area contributed by atoms with Crippen LogP contribution in [-0.4, -0.2) is 0 Å². The molecule has 0 N–H and O–H groups in total. The van der Waals surface area contributed by atoms with Crippen LogP contribution in [0.25, 0.3) is 0 Å². The monoisotopic (exact) mass is 1730 g/mol. The van der Waals surface area contributed by atoms with Gasteiger partial charge in [0.15, 0.2) is 0 Å². The van der Waals surface area contributed by atoms with E-state index in [1.54, 1.807) is 0 Å². The maximum absolute atomic E-state index is 2.35. The minimum atomic E-state index is 0.242. The Morgan fingerprint density at radius 2 is 0.388 bits per heavy atom. The summed E-state index contributed by atoms with van der Waals surface area (Å²) in [6.07, 6.45) is 0. The molecule has 0 saturated heterocycles. The van der Waals surface area contributed by atoms with Crippen molar-refractivity contribution in [3.05, 3.63) is 458 Å². The Kier molecular flexibility index (Phi) is 53.0. The first kappa shape index (κ1) is 117. The van der Waals surface area contributed by atoms with Gasteiger partial charge in [-0.15, -0.1) is 0 Å². The van der Waals surface area contributed by atoms with Crippen molar-refractivity contribution < 1.29 is 0 Å². The van der Waals surface area contributed by atoms with Crippen molar-refractivity contribution in [1.82, 2.24) is 0 Å². The first-order valence-corrected chi connectivity index (χ1v) is 47.5. The average Bonchev–Trinajstić information content (AvgIpc) is 0.810. The van der Waals surface area contributed by atoms with Crippen molar-refractivity contribution in [2.45, 2.75) is 343 Å². The number of benzene rings is 13. The average molecular weight is 1730 g/mol. The highest BCUT2D eigenvalue weighted by Gasteiger charge is 2.20. The summed E-state index contributed by atoms with van der Waals surface area (Å²) in [5, 5.41) is 0. The van der Waals surface area contributed by atoms with Crippen LogP contribution in [0.4, 0.5) is 0 Å². The van der Waals surface area contributed by atoms with Crippen molar-refractivity contribution in [3.8, 4) is 0 Å². The molecule has 0 heteroatoms. The summed E-state index contributed by atoms with van der Waals surface area (Å²) in [5.74, 6) is 2.58. The van der Waals surface area contributed by atoms with Gasteiger partial charge in [0.2, 0.25) is 0 Å². The minimum Gasteiger partial charge on any atom is -0.0622 e. The van der Waals surface area contributed by atoms with Gasteiger partial charge in [0.05, 0.1) is 0 Å². The number of rotatable bonds is 4. The molecule has 0 unspecified atom stereocenters. The van der Waals surface area contributed by atoms with E-state index >= 15 is 0 Å². The standard InChI is InChI=1S/C15H24.C13H20.2C11H16.3C10H14.2C9H12.3C8H10.C7H8/c1-11-8-12(14(2,3)4)10-13(9-11)15(5,6)7;1-9(2)12-6-11(5)7-13(8-12)10(3)4;1-9-5-7-10(8-6-9)11(2,3)4;1-9-6-5-7-10(8-9)11(2,3)4;1-7-5-8(2)10(4)9(3)6-7;1-8(2)10-6-4-9(3)5-7-10;1-8(2)10-6-4-5-9(3)7-10;1-7-4-8(2)6-9(3)5-7;1-7-4-5-8(2)9(3)6-7;1-7-3-5-8(2)6-4-7;1-7-4-3-5-8(2)6-7;1-7-5-3-4-6-8(7)2;1-7-5-3-2-4-6-7/h8-10H,1-7H3;6-10H,1-5H3;2*5-8H,1-4H3;5-6H,1-4H3;2*4-8H,1-3H3;2*4-6H,1-3H3;3*3-6H,1-2H3;2-6H,1H3. The van der Waals surface area contributed by atoms with Crippen LogP contribution < -0.4 is 0 Å². The molecule has 0 amide bonds. The van der Waals surface area contributed by atoms with Crippen LogP contribution in [0.5, 0.6) is 0 Å². The summed E-state index contributed by atoms with van der Waals surface area (Å²) in [6.45, 7) is 93.9. The largest absolute Gasteiger partial charge is 0.0622 e. The fourth-order valence-electron chi connectivity index (χ4n) is 13.3. The summed E-state index contributed by atoms with van der Waals surface area (Å²) in [7, 11) is 0. The quantitative estimate of drug-likeness (QED) is 0.165. The molecule has 0 saturated carbocycles. The molecule has 0 nitrogen and oxygen atoms in total. The SMILES string of the molecule is Cc1cc(C(C)(C)C)cc(C(C)(C)C)c1.Cc1cc(C(C)C)cc(C(C)C)c1.Cc1cc(C)c(C)c(C)c1.Cc1cc(C)cc(C)c1.Cc1ccc(C(C)(C)C)cc1.Cc1ccc(C(C)C)cc1.Cc1ccc(C)c(C)c1.Cc1ccc(C)cc1.Cc1cccc(C(C)(C)C)c1.Cc1cccc(C(C)C)c1.Cc1cccc(C)c1.Cc1ccccc1.Cc1ccccc1C. The summed E-state index contributed by atoms with van der Waals surface area (Å²) in [5.41, 5.74) is 43.8. The van der Waals surface area contributed by atoms with Gasteiger partial charge in [-0.05, 0) is 288 Å². The third-order valence-corrected chi connectivity index (χ3v) is 22.4. The van der Waals surface area contributed by atoms with Crippen LogP contribution in [0, 0.1) is 159 Å². The van der Waals surface area contributed by atoms with Crippen molar-refractivity contribution in [2.75, 3.05) is 0 Å². The molecule has 0 spiro atoms. The lowest BCUT2D eigenvalue weighted by Crippen LogP contribution is -2.16. The summed E-state index contributed by atoms with van der Waals surface area (Å²) >= 11 is 0. The first-order chi connectivity index (χ1) is 59.8. The Bertz CT molecular complexity index is 5070. The second-order valence-electron chi connectivity index (χ2n) is 41.8. The van der Waals surface area contributed by atoms with Crippen molar-refractivity contribution >= 4 is 0 Å². The molecular weight excluding hydrogens is 1550 g/mol. The van der Waals surface area contributed by atoms with E-state index in [4.69, 9.17) is 0 Å². The molecule has 0 heterocycles. The van der Waals surface area contributed by atoms with E-state index in [0.29, 0.717) is 23.7 Å². The van der Waals surface area contributed by atoms with Gasteiger partial charge in [-0.1, -0.05) is 513 Å². The highest BCUT2D eigenvalue weighted by atomic mass is 14.2. The van der Waals surface area contributed by atoms with Gasteiger partial charge in [0, 0.05) is 0 Å². The van der Waals surface area contributed by atoms with Gasteiger partial charge in [-0.25, -0.2) is 0 Å². The Hall–Kier alpha value is -10.1. The third-order valence-electron chi connectivity index (χ3n) is 22.4. The number of hydrogen-bond donors (Lipinski definition) is 0. The second kappa shape index (κ2) is 58.5. The predicted octanol–water partition coefficient (Wildman–Crippen LogP) is 38.7. The zero-order valence-corrected chi connectivity index (χ0v) is 89.9. The van der Waals surface area contributed by atoms with E-state index < -0.39 is 0 Å². The molecule has 13 aromatic rings. The van der Waals surface area contributed by atoms with Gasteiger partial charge >= 0.3 is 0 Å². The summed E-state index contributed by atoms with van der Waals surface area (Å²) in [4.78, 5) is 0. The van der Waals surface area contributed by atoms with E-state index in [-0.39, 0.29) is 21.7 Å². The molecule has 696 valence electrons. The molecule has 129 heavy (non-hydrogen) atoms.